The summed E-state index contributed by atoms with van der Waals surface area (Å²) in [5.74, 6) is -1.16. The molecular formula is C12H13BrN2O4. The van der Waals surface area contributed by atoms with E-state index in [4.69, 9.17) is 5.11 Å². The van der Waals surface area contributed by atoms with Crippen molar-refractivity contribution < 1.29 is 19.4 Å². The minimum atomic E-state index is -1.16. The molecule has 0 aliphatic heterocycles. The summed E-state index contributed by atoms with van der Waals surface area (Å²) in [5, 5.41) is 11.3. The van der Waals surface area contributed by atoms with Crippen molar-refractivity contribution in [2.24, 2.45) is 0 Å². The molecule has 19 heavy (non-hydrogen) atoms. The number of pyridine rings is 1. The lowest BCUT2D eigenvalue weighted by atomic mass is 10.1. The van der Waals surface area contributed by atoms with Gasteiger partial charge in [-0.15, -0.1) is 0 Å². The van der Waals surface area contributed by atoms with Crippen molar-refractivity contribution in [3.05, 3.63) is 41.2 Å². The Labute approximate surface area is 118 Å². The number of rotatable bonds is 6. The van der Waals surface area contributed by atoms with Crippen LogP contribution in [0.1, 0.15) is 5.69 Å². The van der Waals surface area contributed by atoms with Gasteiger partial charge in [-0.3, -0.25) is 0 Å². The predicted molar refractivity (Wildman–Crippen MR) is 71.7 cm³/mol. The second-order valence-corrected chi connectivity index (χ2v) is 4.39. The Hall–Kier alpha value is -1.89. The van der Waals surface area contributed by atoms with Gasteiger partial charge in [0.1, 0.15) is 17.3 Å². The van der Waals surface area contributed by atoms with E-state index >= 15 is 0 Å². The fraction of sp³-hybridized carbons (Fsp3) is 0.250. The molecule has 0 bridgehead atoms. The van der Waals surface area contributed by atoms with Crippen LogP contribution in [0.25, 0.3) is 0 Å². The van der Waals surface area contributed by atoms with E-state index in [1.54, 1.807) is 18.2 Å². The van der Waals surface area contributed by atoms with Gasteiger partial charge in [-0.1, -0.05) is 18.7 Å². The number of carboxylic acids is 1. The van der Waals surface area contributed by atoms with Gasteiger partial charge >= 0.3 is 12.1 Å². The number of aromatic nitrogens is 1. The van der Waals surface area contributed by atoms with Gasteiger partial charge in [-0.2, -0.15) is 0 Å². The molecule has 6 nitrogen and oxygen atoms in total. The minimum Gasteiger partial charge on any atom is -0.480 e. The number of carboxylic acid groups (broad SMARTS) is 1. The van der Waals surface area contributed by atoms with Crippen molar-refractivity contribution in [3.8, 4) is 0 Å². The fourth-order valence-electron chi connectivity index (χ4n) is 1.29. The van der Waals surface area contributed by atoms with Crippen LogP contribution in [0.3, 0.4) is 0 Å². The van der Waals surface area contributed by atoms with Crippen molar-refractivity contribution in [2.75, 3.05) is 6.61 Å². The fourth-order valence-corrected chi connectivity index (χ4v) is 1.67. The largest absolute Gasteiger partial charge is 0.480 e. The van der Waals surface area contributed by atoms with Crippen LogP contribution in [0.15, 0.2) is 35.5 Å². The Morgan fingerprint density at radius 2 is 2.32 bits per heavy atom. The number of nitrogens with one attached hydrogen (secondary N) is 1. The van der Waals surface area contributed by atoms with Crippen molar-refractivity contribution in [2.45, 2.75) is 12.5 Å². The van der Waals surface area contributed by atoms with Crippen LogP contribution in [-0.2, 0) is 16.0 Å². The second-order valence-electron chi connectivity index (χ2n) is 3.58. The molecule has 0 aromatic carbocycles. The van der Waals surface area contributed by atoms with Crippen molar-refractivity contribution in [1.29, 1.82) is 0 Å². The van der Waals surface area contributed by atoms with Gasteiger partial charge < -0.3 is 15.2 Å². The summed E-state index contributed by atoms with van der Waals surface area (Å²) in [7, 11) is 0. The van der Waals surface area contributed by atoms with Gasteiger partial charge in [0.05, 0.1) is 0 Å². The molecule has 0 spiro atoms. The van der Waals surface area contributed by atoms with E-state index in [1.165, 1.54) is 6.08 Å². The molecule has 1 amide bonds. The SMILES string of the molecule is C=CCOC(=O)NC(Cc1cccc(Br)n1)C(=O)O. The summed E-state index contributed by atoms with van der Waals surface area (Å²) in [6, 6.07) is 4.04. The van der Waals surface area contributed by atoms with Crippen LogP contribution in [-0.4, -0.2) is 34.8 Å². The molecule has 1 aromatic rings. The molecule has 0 fully saturated rings. The Bertz CT molecular complexity index is 479. The number of carbonyl (C=O) groups excluding carboxylic acids is 1. The van der Waals surface area contributed by atoms with E-state index in [0.717, 1.165) is 0 Å². The maximum atomic E-state index is 11.3. The summed E-state index contributed by atoms with van der Waals surface area (Å²) >= 11 is 3.19. The number of hydrogen-bond acceptors (Lipinski definition) is 4. The van der Waals surface area contributed by atoms with Gasteiger partial charge in [0.2, 0.25) is 0 Å². The van der Waals surface area contributed by atoms with E-state index < -0.39 is 18.1 Å². The summed E-state index contributed by atoms with van der Waals surface area (Å²) in [6.07, 6.45) is 0.658. The van der Waals surface area contributed by atoms with Crippen molar-refractivity contribution >= 4 is 28.0 Å². The molecule has 2 N–H and O–H groups in total. The molecule has 1 aromatic heterocycles. The van der Waals surface area contributed by atoms with E-state index in [2.05, 4.69) is 37.5 Å². The van der Waals surface area contributed by atoms with Crippen molar-refractivity contribution in [3.63, 3.8) is 0 Å². The molecule has 0 aliphatic rings. The van der Waals surface area contributed by atoms with Crippen LogP contribution in [0.2, 0.25) is 0 Å². The zero-order chi connectivity index (χ0) is 14.3. The van der Waals surface area contributed by atoms with Gasteiger partial charge in [0.25, 0.3) is 0 Å². The van der Waals surface area contributed by atoms with E-state index in [-0.39, 0.29) is 13.0 Å². The molecule has 0 aliphatic carbocycles. The van der Waals surface area contributed by atoms with Crippen molar-refractivity contribution in [1.82, 2.24) is 10.3 Å². The highest BCUT2D eigenvalue weighted by atomic mass is 79.9. The molecule has 1 rings (SSSR count). The maximum Gasteiger partial charge on any atom is 0.408 e. The van der Waals surface area contributed by atoms with Gasteiger partial charge in [-0.25, -0.2) is 14.6 Å². The van der Waals surface area contributed by atoms with E-state index in [9.17, 15) is 9.59 Å². The number of aliphatic carboxylic acids is 1. The molecule has 102 valence electrons. The zero-order valence-electron chi connectivity index (χ0n) is 10.0. The van der Waals surface area contributed by atoms with Crippen LogP contribution < -0.4 is 5.32 Å². The summed E-state index contributed by atoms with van der Waals surface area (Å²) in [4.78, 5) is 26.5. The standard InChI is InChI=1S/C12H13BrN2O4/c1-2-6-19-12(18)15-9(11(16)17)7-8-4-3-5-10(13)14-8/h2-5,9H,1,6-7H2,(H,15,18)(H,16,17). The molecule has 7 heteroatoms. The van der Waals surface area contributed by atoms with E-state index in [1.807, 2.05) is 0 Å². The van der Waals surface area contributed by atoms with Gasteiger partial charge in [0, 0.05) is 12.1 Å². The molecule has 1 heterocycles. The number of carbonyl (C=O) groups is 2. The first-order chi connectivity index (χ1) is 9.02. The first-order valence-corrected chi connectivity index (χ1v) is 6.20. The number of amides is 1. The van der Waals surface area contributed by atoms with Crippen LogP contribution in [0, 0.1) is 0 Å². The number of ether oxygens (including phenoxy) is 1. The Kier molecular flexibility index (Phi) is 6.01. The second kappa shape index (κ2) is 7.52. The lowest BCUT2D eigenvalue weighted by Crippen LogP contribution is -2.42. The minimum absolute atomic E-state index is 0.0211. The average molecular weight is 329 g/mol. The average Bonchev–Trinajstić information content (AvgIpc) is 2.35. The van der Waals surface area contributed by atoms with Gasteiger partial charge in [-0.05, 0) is 28.1 Å². The van der Waals surface area contributed by atoms with Crippen LogP contribution >= 0.6 is 15.9 Å². The monoisotopic (exact) mass is 328 g/mol. The Morgan fingerprint density at radius 3 is 2.89 bits per heavy atom. The molecular weight excluding hydrogens is 316 g/mol. The normalized spacial score (nSPS) is 11.4. The Morgan fingerprint density at radius 1 is 1.58 bits per heavy atom. The van der Waals surface area contributed by atoms with E-state index in [0.29, 0.717) is 10.3 Å². The third-order valence-electron chi connectivity index (χ3n) is 2.11. The quantitative estimate of drug-likeness (QED) is 0.613. The maximum absolute atomic E-state index is 11.3. The molecule has 1 unspecified atom stereocenters. The first-order valence-electron chi connectivity index (χ1n) is 5.41. The molecule has 1 atom stereocenters. The number of hydrogen-bond donors (Lipinski definition) is 2. The zero-order valence-corrected chi connectivity index (χ0v) is 11.6. The molecule has 0 saturated heterocycles. The van der Waals surface area contributed by atoms with Crippen LogP contribution in [0.5, 0.6) is 0 Å². The smallest absolute Gasteiger partial charge is 0.408 e. The highest BCUT2D eigenvalue weighted by molar-refractivity contribution is 9.10. The summed E-state index contributed by atoms with van der Waals surface area (Å²) < 4.78 is 5.27. The third-order valence-corrected chi connectivity index (χ3v) is 2.55. The van der Waals surface area contributed by atoms with Gasteiger partial charge in [0.15, 0.2) is 0 Å². The lowest BCUT2D eigenvalue weighted by Gasteiger charge is -2.13. The highest BCUT2D eigenvalue weighted by Gasteiger charge is 2.21. The summed E-state index contributed by atoms with van der Waals surface area (Å²) in [5.41, 5.74) is 0.547. The highest BCUT2D eigenvalue weighted by Crippen LogP contribution is 2.08. The number of halogens is 1. The van der Waals surface area contributed by atoms with Crippen LogP contribution in [0.4, 0.5) is 4.79 Å². The predicted octanol–water partition coefficient (Wildman–Crippen LogP) is 1.75. The first kappa shape index (κ1) is 15.2. The lowest BCUT2D eigenvalue weighted by molar-refractivity contribution is -0.139. The number of alkyl carbamates (subject to hydrolysis) is 1. The topological polar surface area (TPSA) is 88.5 Å². The third kappa shape index (κ3) is 5.52. The Balaban J connectivity index is 2.65. The summed E-state index contributed by atoms with van der Waals surface area (Å²) in [6.45, 7) is 3.41. The molecule has 0 saturated carbocycles. The molecule has 0 radical (unpaired) electrons. The number of nitrogens with zero attached hydrogens (tertiary/aromatic N) is 1.